The molecule has 0 aromatic heterocycles. The monoisotopic (exact) mass is 278 g/mol. The SMILES string of the molecule is CC(C)N(C)C(CN)c1ccc(F)cc1C(F)(F)F. The number of likely N-dealkylation sites (N-methyl/N-ethyl adjacent to an activating group) is 1. The van der Waals surface area contributed by atoms with Crippen LogP contribution in [0.15, 0.2) is 18.2 Å². The highest BCUT2D eigenvalue weighted by Crippen LogP contribution is 2.36. The standard InChI is InChI=1S/C13H18F4N2/c1-8(2)19(3)12(7-18)10-5-4-9(14)6-11(10)13(15,16)17/h4-6,8,12H,7,18H2,1-3H3. The van der Waals surface area contributed by atoms with E-state index in [-0.39, 0.29) is 18.2 Å². The Morgan fingerprint density at radius 1 is 1.26 bits per heavy atom. The maximum absolute atomic E-state index is 13.1. The summed E-state index contributed by atoms with van der Waals surface area (Å²) in [7, 11) is 1.70. The first-order valence-electron chi connectivity index (χ1n) is 5.97. The molecule has 108 valence electrons. The van der Waals surface area contributed by atoms with E-state index < -0.39 is 23.6 Å². The summed E-state index contributed by atoms with van der Waals surface area (Å²) < 4.78 is 52.0. The van der Waals surface area contributed by atoms with Crippen molar-refractivity contribution in [3.63, 3.8) is 0 Å². The Balaban J connectivity index is 3.32. The Bertz CT molecular complexity index is 429. The lowest BCUT2D eigenvalue weighted by molar-refractivity contribution is -0.139. The molecule has 0 saturated carbocycles. The third-order valence-electron chi connectivity index (χ3n) is 3.21. The first kappa shape index (κ1) is 15.9. The first-order valence-corrected chi connectivity index (χ1v) is 5.97. The van der Waals surface area contributed by atoms with Gasteiger partial charge in [0.15, 0.2) is 0 Å². The number of hydrogen-bond acceptors (Lipinski definition) is 2. The van der Waals surface area contributed by atoms with Crippen LogP contribution in [0.3, 0.4) is 0 Å². The number of benzene rings is 1. The Morgan fingerprint density at radius 2 is 1.84 bits per heavy atom. The van der Waals surface area contributed by atoms with Crippen molar-refractivity contribution in [2.24, 2.45) is 5.73 Å². The van der Waals surface area contributed by atoms with Gasteiger partial charge < -0.3 is 5.73 Å². The summed E-state index contributed by atoms with van der Waals surface area (Å²) in [4.78, 5) is 1.74. The fourth-order valence-electron chi connectivity index (χ4n) is 1.94. The molecule has 2 N–H and O–H groups in total. The van der Waals surface area contributed by atoms with Crippen LogP contribution in [-0.2, 0) is 6.18 Å². The van der Waals surface area contributed by atoms with E-state index in [2.05, 4.69) is 0 Å². The summed E-state index contributed by atoms with van der Waals surface area (Å²) >= 11 is 0. The molecule has 1 unspecified atom stereocenters. The Hall–Kier alpha value is -1.14. The molecule has 1 rings (SSSR count). The first-order chi connectivity index (χ1) is 8.68. The van der Waals surface area contributed by atoms with Gasteiger partial charge >= 0.3 is 6.18 Å². The Kier molecular flexibility index (Phi) is 4.92. The highest BCUT2D eigenvalue weighted by atomic mass is 19.4. The van der Waals surface area contributed by atoms with E-state index in [1.807, 2.05) is 13.8 Å². The van der Waals surface area contributed by atoms with E-state index in [9.17, 15) is 17.6 Å². The van der Waals surface area contributed by atoms with Gasteiger partial charge in [-0.25, -0.2) is 4.39 Å². The molecule has 6 heteroatoms. The van der Waals surface area contributed by atoms with Gasteiger partial charge in [-0.15, -0.1) is 0 Å². The lowest BCUT2D eigenvalue weighted by Gasteiger charge is -2.32. The van der Waals surface area contributed by atoms with E-state index >= 15 is 0 Å². The smallest absolute Gasteiger partial charge is 0.329 e. The van der Waals surface area contributed by atoms with Crippen LogP contribution in [0.4, 0.5) is 17.6 Å². The summed E-state index contributed by atoms with van der Waals surface area (Å²) in [5.41, 5.74) is 4.64. The quantitative estimate of drug-likeness (QED) is 0.857. The number of hydrogen-bond donors (Lipinski definition) is 1. The summed E-state index contributed by atoms with van der Waals surface area (Å²) in [5.74, 6) is -0.904. The normalized spacial score (nSPS) is 14.2. The van der Waals surface area contributed by atoms with Crippen molar-refractivity contribution in [1.82, 2.24) is 4.90 Å². The molecule has 1 aromatic carbocycles. The van der Waals surface area contributed by atoms with Gasteiger partial charge in [-0.2, -0.15) is 13.2 Å². The molecule has 1 atom stereocenters. The minimum absolute atomic E-state index is 0.00704. The van der Waals surface area contributed by atoms with E-state index in [1.54, 1.807) is 11.9 Å². The van der Waals surface area contributed by atoms with Gasteiger partial charge in [-0.05, 0) is 38.6 Å². The summed E-state index contributed by atoms with van der Waals surface area (Å²) in [5, 5.41) is 0. The van der Waals surface area contributed by atoms with E-state index in [1.165, 1.54) is 0 Å². The van der Waals surface area contributed by atoms with Crippen molar-refractivity contribution < 1.29 is 17.6 Å². The molecule has 0 aliphatic rings. The van der Waals surface area contributed by atoms with Gasteiger partial charge in [-0.3, -0.25) is 4.90 Å². The van der Waals surface area contributed by atoms with Gasteiger partial charge in [0.05, 0.1) is 5.56 Å². The minimum atomic E-state index is -4.59. The maximum atomic E-state index is 13.1. The van der Waals surface area contributed by atoms with Gasteiger partial charge in [0.25, 0.3) is 0 Å². The molecule has 0 fully saturated rings. The molecular weight excluding hydrogens is 260 g/mol. The van der Waals surface area contributed by atoms with Crippen LogP contribution in [0.5, 0.6) is 0 Å². The van der Waals surface area contributed by atoms with Crippen LogP contribution >= 0.6 is 0 Å². The Morgan fingerprint density at radius 3 is 2.26 bits per heavy atom. The van der Waals surface area contributed by atoms with Gasteiger partial charge in [0.1, 0.15) is 5.82 Å². The maximum Gasteiger partial charge on any atom is 0.416 e. The predicted molar refractivity (Wildman–Crippen MR) is 66.1 cm³/mol. The average molecular weight is 278 g/mol. The fraction of sp³-hybridized carbons (Fsp3) is 0.538. The number of nitrogens with zero attached hydrogens (tertiary/aromatic N) is 1. The van der Waals surface area contributed by atoms with Gasteiger partial charge in [-0.1, -0.05) is 6.07 Å². The van der Waals surface area contributed by atoms with Crippen LogP contribution in [-0.4, -0.2) is 24.5 Å². The molecule has 2 nitrogen and oxygen atoms in total. The topological polar surface area (TPSA) is 29.3 Å². The molecule has 19 heavy (non-hydrogen) atoms. The van der Waals surface area contributed by atoms with Crippen molar-refractivity contribution in [3.05, 3.63) is 35.1 Å². The number of halogens is 4. The predicted octanol–water partition coefficient (Wildman–Crippen LogP) is 3.18. The van der Waals surface area contributed by atoms with E-state index in [0.717, 1.165) is 12.1 Å². The minimum Gasteiger partial charge on any atom is -0.329 e. The van der Waals surface area contributed by atoms with Crippen molar-refractivity contribution in [3.8, 4) is 0 Å². The van der Waals surface area contributed by atoms with E-state index in [0.29, 0.717) is 6.07 Å². The molecule has 0 aliphatic carbocycles. The van der Waals surface area contributed by atoms with Gasteiger partial charge in [0, 0.05) is 18.6 Å². The van der Waals surface area contributed by atoms with Crippen molar-refractivity contribution >= 4 is 0 Å². The largest absolute Gasteiger partial charge is 0.416 e. The average Bonchev–Trinajstić information content (AvgIpc) is 2.30. The Labute approximate surface area is 110 Å². The van der Waals surface area contributed by atoms with E-state index in [4.69, 9.17) is 5.73 Å². The zero-order chi connectivity index (χ0) is 14.8. The lowest BCUT2D eigenvalue weighted by Crippen LogP contribution is -2.36. The molecule has 0 saturated heterocycles. The van der Waals surface area contributed by atoms with Crippen LogP contribution in [0, 0.1) is 5.82 Å². The number of nitrogens with two attached hydrogens (primary N) is 1. The zero-order valence-corrected chi connectivity index (χ0v) is 11.1. The van der Waals surface area contributed by atoms with Crippen LogP contribution < -0.4 is 5.73 Å². The number of alkyl halides is 3. The second-order valence-corrected chi connectivity index (χ2v) is 4.74. The second-order valence-electron chi connectivity index (χ2n) is 4.74. The molecule has 0 spiro atoms. The molecule has 0 heterocycles. The third kappa shape index (κ3) is 3.67. The molecule has 0 radical (unpaired) electrons. The van der Waals surface area contributed by atoms with Gasteiger partial charge in [0.2, 0.25) is 0 Å². The van der Waals surface area contributed by atoms with Crippen LogP contribution in [0.1, 0.15) is 31.0 Å². The van der Waals surface area contributed by atoms with Crippen molar-refractivity contribution in [1.29, 1.82) is 0 Å². The second kappa shape index (κ2) is 5.88. The van der Waals surface area contributed by atoms with Crippen molar-refractivity contribution in [2.75, 3.05) is 13.6 Å². The highest BCUT2D eigenvalue weighted by Gasteiger charge is 2.36. The molecule has 0 amide bonds. The van der Waals surface area contributed by atoms with Crippen LogP contribution in [0.25, 0.3) is 0 Å². The fourth-order valence-corrected chi connectivity index (χ4v) is 1.94. The number of rotatable bonds is 4. The van der Waals surface area contributed by atoms with Crippen LogP contribution in [0.2, 0.25) is 0 Å². The van der Waals surface area contributed by atoms with Crippen molar-refractivity contribution in [2.45, 2.75) is 32.1 Å². The molecule has 0 aliphatic heterocycles. The summed E-state index contributed by atoms with van der Waals surface area (Å²) in [6.07, 6.45) is -4.59. The lowest BCUT2D eigenvalue weighted by atomic mass is 9.97. The summed E-state index contributed by atoms with van der Waals surface area (Å²) in [6, 6.07) is 2.14. The zero-order valence-electron chi connectivity index (χ0n) is 11.1. The third-order valence-corrected chi connectivity index (χ3v) is 3.21. The summed E-state index contributed by atoms with van der Waals surface area (Å²) in [6.45, 7) is 3.75. The molecule has 1 aromatic rings. The molecule has 0 bridgehead atoms. The molecular formula is C13H18F4N2. The highest BCUT2D eigenvalue weighted by molar-refractivity contribution is 5.33.